The van der Waals surface area contributed by atoms with E-state index in [1.165, 1.54) is 23.5 Å². The molecule has 0 bridgehead atoms. The van der Waals surface area contributed by atoms with Crippen LogP contribution in [0.2, 0.25) is 10.0 Å². The Morgan fingerprint density at radius 1 is 1.14 bits per heavy atom. The summed E-state index contributed by atoms with van der Waals surface area (Å²) in [7, 11) is -3.89. The molecule has 6 nitrogen and oxygen atoms in total. The monoisotopic (exact) mass is 457 g/mol. The molecule has 0 saturated heterocycles. The first kappa shape index (κ1) is 21.0. The molecule has 0 radical (unpaired) electrons. The number of hydrogen-bond acceptors (Lipinski definition) is 5. The van der Waals surface area contributed by atoms with E-state index in [0.29, 0.717) is 5.13 Å². The van der Waals surface area contributed by atoms with Crippen LogP contribution in [0.15, 0.2) is 35.2 Å². The van der Waals surface area contributed by atoms with Crippen LogP contribution in [-0.2, 0) is 10.0 Å². The number of fused-ring (bicyclic) bond motifs is 1. The van der Waals surface area contributed by atoms with Gasteiger partial charge < -0.3 is 0 Å². The molecule has 0 spiro atoms. The molecular weight excluding hydrogens is 441 g/mol. The Labute approximate surface area is 176 Å². The van der Waals surface area contributed by atoms with Crippen molar-refractivity contribution in [2.75, 3.05) is 5.32 Å². The highest BCUT2D eigenvalue weighted by Crippen LogP contribution is 2.31. The zero-order chi connectivity index (χ0) is 20.6. The molecule has 3 rings (SSSR count). The number of hydrogen-bond donors (Lipinski definition) is 2. The first-order valence-corrected chi connectivity index (χ1v) is 11.3. The number of anilines is 1. The minimum atomic E-state index is -3.89. The standard InChI is InChI=1S/C18H17Cl2N3O3S2/c1-9(2)23-28(25,26)16-7-11(12(19)8-13(16)20)17(24)22-18-21-14-5-4-10(3)6-15(14)27-18/h4-9,23H,1-3H3,(H,21,22,24). The van der Waals surface area contributed by atoms with E-state index < -0.39 is 15.9 Å². The van der Waals surface area contributed by atoms with Gasteiger partial charge in [-0.15, -0.1) is 0 Å². The first-order chi connectivity index (χ1) is 13.1. The number of carbonyl (C=O) groups excluding carboxylic acids is 1. The smallest absolute Gasteiger partial charge is 0.259 e. The van der Waals surface area contributed by atoms with E-state index in [2.05, 4.69) is 15.0 Å². The van der Waals surface area contributed by atoms with E-state index in [1.807, 2.05) is 25.1 Å². The third-order valence-electron chi connectivity index (χ3n) is 3.71. The van der Waals surface area contributed by atoms with Crippen molar-refractivity contribution < 1.29 is 13.2 Å². The quantitative estimate of drug-likeness (QED) is 0.572. The maximum Gasteiger partial charge on any atom is 0.259 e. The zero-order valence-electron chi connectivity index (χ0n) is 15.2. The van der Waals surface area contributed by atoms with Gasteiger partial charge in [-0.1, -0.05) is 40.6 Å². The van der Waals surface area contributed by atoms with Gasteiger partial charge in [-0.3, -0.25) is 10.1 Å². The van der Waals surface area contributed by atoms with Gasteiger partial charge in [0, 0.05) is 6.04 Å². The van der Waals surface area contributed by atoms with Crippen molar-refractivity contribution >= 4 is 65.8 Å². The lowest BCUT2D eigenvalue weighted by atomic mass is 10.2. The van der Waals surface area contributed by atoms with Crippen LogP contribution in [0.4, 0.5) is 5.13 Å². The SMILES string of the molecule is Cc1ccc2nc(NC(=O)c3cc(S(=O)(=O)NC(C)C)c(Cl)cc3Cl)sc2c1. The van der Waals surface area contributed by atoms with E-state index in [-0.39, 0.29) is 26.5 Å². The lowest BCUT2D eigenvalue weighted by Crippen LogP contribution is -2.30. The number of benzene rings is 2. The minimum absolute atomic E-state index is 0.00867. The van der Waals surface area contributed by atoms with Crippen LogP contribution in [-0.4, -0.2) is 25.4 Å². The summed E-state index contributed by atoms with van der Waals surface area (Å²) in [4.78, 5) is 16.9. The molecule has 0 aliphatic heterocycles. The highest BCUT2D eigenvalue weighted by atomic mass is 35.5. The van der Waals surface area contributed by atoms with Crippen molar-refractivity contribution in [2.45, 2.75) is 31.7 Å². The summed E-state index contributed by atoms with van der Waals surface area (Å²) in [6.45, 7) is 5.34. The van der Waals surface area contributed by atoms with E-state index in [0.717, 1.165) is 15.8 Å². The molecule has 0 aliphatic carbocycles. The summed E-state index contributed by atoms with van der Waals surface area (Å²) >= 11 is 13.5. The number of carbonyl (C=O) groups is 1. The van der Waals surface area contributed by atoms with Crippen molar-refractivity contribution in [2.24, 2.45) is 0 Å². The average molecular weight is 458 g/mol. The first-order valence-electron chi connectivity index (χ1n) is 8.27. The van der Waals surface area contributed by atoms with Crippen LogP contribution < -0.4 is 10.0 Å². The van der Waals surface area contributed by atoms with Gasteiger partial charge in [0.1, 0.15) is 4.90 Å². The number of amides is 1. The van der Waals surface area contributed by atoms with Gasteiger partial charge in [-0.2, -0.15) is 0 Å². The molecule has 0 fully saturated rings. The number of aryl methyl sites for hydroxylation is 1. The van der Waals surface area contributed by atoms with Crippen LogP contribution in [0.3, 0.4) is 0 Å². The summed E-state index contributed by atoms with van der Waals surface area (Å²) in [5.74, 6) is -0.571. The predicted molar refractivity (Wildman–Crippen MR) is 114 cm³/mol. The second-order valence-electron chi connectivity index (χ2n) is 6.48. The van der Waals surface area contributed by atoms with Gasteiger partial charge in [0.25, 0.3) is 5.91 Å². The number of aromatic nitrogens is 1. The number of thiazole rings is 1. The van der Waals surface area contributed by atoms with Crippen molar-refractivity contribution in [1.29, 1.82) is 0 Å². The Bertz CT molecular complexity index is 1170. The Morgan fingerprint density at radius 3 is 2.54 bits per heavy atom. The Kier molecular flexibility index (Phi) is 5.97. The van der Waals surface area contributed by atoms with Crippen molar-refractivity contribution in [3.8, 4) is 0 Å². The lowest BCUT2D eigenvalue weighted by Gasteiger charge is -2.13. The topological polar surface area (TPSA) is 88.2 Å². The fraction of sp³-hybridized carbons (Fsp3) is 0.222. The van der Waals surface area contributed by atoms with E-state index in [9.17, 15) is 13.2 Å². The summed E-state index contributed by atoms with van der Waals surface area (Å²) in [6, 6.07) is 7.86. The van der Waals surface area contributed by atoms with Gasteiger partial charge in [0.15, 0.2) is 5.13 Å². The van der Waals surface area contributed by atoms with Crippen LogP contribution in [0.25, 0.3) is 10.2 Å². The van der Waals surface area contributed by atoms with Crippen LogP contribution in [0, 0.1) is 6.92 Å². The number of nitrogens with one attached hydrogen (secondary N) is 2. The molecule has 1 aromatic heterocycles. The molecule has 0 atom stereocenters. The van der Waals surface area contributed by atoms with Gasteiger partial charge >= 0.3 is 0 Å². The Morgan fingerprint density at radius 2 is 1.86 bits per heavy atom. The molecule has 0 saturated carbocycles. The van der Waals surface area contributed by atoms with Crippen LogP contribution >= 0.6 is 34.5 Å². The maximum absolute atomic E-state index is 12.7. The molecule has 148 valence electrons. The summed E-state index contributed by atoms with van der Waals surface area (Å²) < 4.78 is 28.3. The summed E-state index contributed by atoms with van der Waals surface area (Å²) in [5.41, 5.74) is 1.84. The number of sulfonamides is 1. The molecule has 0 aliphatic rings. The molecule has 1 heterocycles. The normalized spacial score (nSPS) is 11.9. The highest BCUT2D eigenvalue weighted by molar-refractivity contribution is 7.89. The van der Waals surface area contributed by atoms with Crippen LogP contribution in [0.1, 0.15) is 29.8 Å². The largest absolute Gasteiger partial charge is 0.298 e. The number of halogens is 2. The molecule has 1 amide bonds. The van der Waals surface area contributed by atoms with Gasteiger partial charge in [-0.25, -0.2) is 18.1 Å². The molecule has 0 unspecified atom stereocenters. The van der Waals surface area contributed by atoms with Gasteiger partial charge in [0.2, 0.25) is 10.0 Å². The second kappa shape index (κ2) is 7.96. The third kappa shape index (κ3) is 4.47. The van der Waals surface area contributed by atoms with E-state index in [1.54, 1.807) is 13.8 Å². The third-order valence-corrected chi connectivity index (χ3v) is 7.08. The predicted octanol–water partition coefficient (Wildman–Crippen LogP) is 4.85. The molecular formula is C18H17Cl2N3O3S2. The fourth-order valence-electron chi connectivity index (χ4n) is 2.53. The lowest BCUT2D eigenvalue weighted by molar-refractivity contribution is 0.102. The molecule has 10 heteroatoms. The summed E-state index contributed by atoms with van der Waals surface area (Å²) in [5, 5.41) is 3.04. The van der Waals surface area contributed by atoms with Gasteiger partial charge in [0.05, 0.1) is 25.8 Å². The van der Waals surface area contributed by atoms with E-state index >= 15 is 0 Å². The van der Waals surface area contributed by atoms with Crippen molar-refractivity contribution in [3.05, 3.63) is 51.5 Å². The highest BCUT2D eigenvalue weighted by Gasteiger charge is 2.23. The second-order valence-corrected chi connectivity index (χ2v) is 10.0. The fourth-order valence-corrected chi connectivity index (χ4v) is 5.60. The molecule has 2 N–H and O–H groups in total. The number of nitrogens with zero attached hydrogens (tertiary/aromatic N) is 1. The average Bonchev–Trinajstić information content (AvgIpc) is 2.94. The van der Waals surface area contributed by atoms with Crippen molar-refractivity contribution in [3.63, 3.8) is 0 Å². The maximum atomic E-state index is 12.7. The van der Waals surface area contributed by atoms with Crippen molar-refractivity contribution in [1.82, 2.24) is 9.71 Å². The Balaban J connectivity index is 1.95. The zero-order valence-corrected chi connectivity index (χ0v) is 18.4. The Hall–Kier alpha value is -1.71. The number of rotatable bonds is 5. The molecule has 3 aromatic rings. The minimum Gasteiger partial charge on any atom is -0.298 e. The van der Waals surface area contributed by atoms with Crippen LogP contribution in [0.5, 0.6) is 0 Å². The molecule has 28 heavy (non-hydrogen) atoms. The van der Waals surface area contributed by atoms with E-state index in [4.69, 9.17) is 23.2 Å². The van der Waals surface area contributed by atoms with Gasteiger partial charge in [-0.05, 0) is 50.6 Å². The molecule has 2 aromatic carbocycles. The summed E-state index contributed by atoms with van der Waals surface area (Å²) in [6.07, 6.45) is 0.